The molecule has 2 rings (SSSR count). The highest BCUT2D eigenvalue weighted by Crippen LogP contribution is 2.30. The van der Waals surface area contributed by atoms with Crippen molar-refractivity contribution in [3.05, 3.63) is 29.3 Å². The summed E-state index contributed by atoms with van der Waals surface area (Å²) < 4.78 is 11.1. The van der Waals surface area contributed by atoms with Crippen LogP contribution in [0.5, 0.6) is 5.75 Å². The molecule has 0 aromatic heterocycles. The van der Waals surface area contributed by atoms with Crippen LogP contribution in [0.1, 0.15) is 30.9 Å². The molecule has 1 atom stereocenters. The molecule has 1 saturated carbocycles. The molecule has 1 unspecified atom stereocenters. The van der Waals surface area contributed by atoms with Gasteiger partial charge in [0.05, 0.1) is 13.2 Å². The SMILES string of the molecule is COCc1cc(CC(C)N)ccc1OCC1CC1. The summed E-state index contributed by atoms with van der Waals surface area (Å²) >= 11 is 0. The molecule has 1 aliphatic carbocycles. The van der Waals surface area contributed by atoms with Crippen molar-refractivity contribution < 1.29 is 9.47 Å². The number of methoxy groups -OCH3 is 1. The molecule has 0 saturated heterocycles. The molecular formula is C15H23NO2. The Morgan fingerprint density at radius 2 is 2.17 bits per heavy atom. The lowest BCUT2D eigenvalue weighted by molar-refractivity contribution is 0.179. The molecule has 0 spiro atoms. The van der Waals surface area contributed by atoms with E-state index in [4.69, 9.17) is 15.2 Å². The molecular weight excluding hydrogens is 226 g/mol. The highest BCUT2D eigenvalue weighted by molar-refractivity contribution is 5.37. The number of hydrogen-bond donors (Lipinski definition) is 1. The molecule has 0 heterocycles. The minimum absolute atomic E-state index is 0.179. The fourth-order valence-electron chi connectivity index (χ4n) is 2.03. The van der Waals surface area contributed by atoms with Crippen LogP contribution in [0.4, 0.5) is 0 Å². The monoisotopic (exact) mass is 249 g/mol. The summed E-state index contributed by atoms with van der Waals surface area (Å²) in [5.41, 5.74) is 8.20. The second-order valence-corrected chi connectivity index (χ2v) is 5.31. The summed E-state index contributed by atoms with van der Waals surface area (Å²) in [6.45, 7) is 3.45. The fourth-order valence-corrected chi connectivity index (χ4v) is 2.03. The number of rotatable bonds is 7. The van der Waals surface area contributed by atoms with Gasteiger partial charge in [-0.3, -0.25) is 0 Å². The molecule has 0 bridgehead atoms. The van der Waals surface area contributed by atoms with Crippen LogP contribution in [0.3, 0.4) is 0 Å². The summed E-state index contributed by atoms with van der Waals surface area (Å²) in [5.74, 6) is 1.72. The van der Waals surface area contributed by atoms with Crippen molar-refractivity contribution in [2.45, 2.75) is 38.8 Å². The van der Waals surface area contributed by atoms with E-state index in [0.29, 0.717) is 6.61 Å². The molecule has 1 aromatic rings. The molecule has 0 amide bonds. The van der Waals surface area contributed by atoms with Crippen LogP contribution < -0.4 is 10.5 Å². The highest BCUT2D eigenvalue weighted by atomic mass is 16.5. The van der Waals surface area contributed by atoms with Crippen molar-refractivity contribution in [1.82, 2.24) is 0 Å². The first-order chi connectivity index (χ1) is 8.69. The first-order valence-electron chi connectivity index (χ1n) is 6.68. The lowest BCUT2D eigenvalue weighted by Gasteiger charge is -2.13. The van der Waals surface area contributed by atoms with E-state index in [0.717, 1.165) is 30.3 Å². The Morgan fingerprint density at radius 1 is 1.39 bits per heavy atom. The Hall–Kier alpha value is -1.06. The predicted octanol–water partition coefficient (Wildman–Crippen LogP) is 2.51. The highest BCUT2D eigenvalue weighted by Gasteiger charge is 2.22. The second-order valence-electron chi connectivity index (χ2n) is 5.31. The van der Waals surface area contributed by atoms with Crippen molar-refractivity contribution in [2.24, 2.45) is 11.7 Å². The number of hydrogen-bond acceptors (Lipinski definition) is 3. The second kappa shape index (κ2) is 6.21. The van der Waals surface area contributed by atoms with Crippen LogP contribution in [-0.2, 0) is 17.8 Å². The first-order valence-corrected chi connectivity index (χ1v) is 6.68. The van der Waals surface area contributed by atoms with Crippen molar-refractivity contribution in [3.63, 3.8) is 0 Å². The molecule has 0 radical (unpaired) electrons. The maximum Gasteiger partial charge on any atom is 0.124 e. The van der Waals surface area contributed by atoms with Gasteiger partial charge in [0.1, 0.15) is 5.75 Å². The zero-order valence-corrected chi connectivity index (χ0v) is 11.3. The standard InChI is InChI=1S/C15H23NO2/c1-11(16)7-13-5-6-15(14(8-13)10-17-2)18-9-12-3-4-12/h5-6,8,11-12H,3-4,7,9-10,16H2,1-2H3. The maximum atomic E-state index is 5.86. The third-order valence-electron chi connectivity index (χ3n) is 3.15. The summed E-state index contributed by atoms with van der Waals surface area (Å²) in [4.78, 5) is 0. The number of benzene rings is 1. The largest absolute Gasteiger partial charge is 0.493 e. The van der Waals surface area contributed by atoms with Gasteiger partial charge in [-0.1, -0.05) is 6.07 Å². The van der Waals surface area contributed by atoms with Gasteiger partial charge in [-0.15, -0.1) is 0 Å². The van der Waals surface area contributed by atoms with E-state index in [1.54, 1.807) is 7.11 Å². The Labute approximate surface area is 109 Å². The summed E-state index contributed by atoms with van der Waals surface area (Å²) in [6.07, 6.45) is 3.50. The van der Waals surface area contributed by atoms with Gasteiger partial charge < -0.3 is 15.2 Å². The van der Waals surface area contributed by atoms with Gasteiger partial charge in [0, 0.05) is 18.7 Å². The van der Waals surface area contributed by atoms with Crippen molar-refractivity contribution in [3.8, 4) is 5.75 Å². The Balaban J connectivity index is 2.06. The molecule has 0 aliphatic heterocycles. The molecule has 3 heteroatoms. The van der Waals surface area contributed by atoms with E-state index in [-0.39, 0.29) is 6.04 Å². The smallest absolute Gasteiger partial charge is 0.124 e. The van der Waals surface area contributed by atoms with E-state index in [1.165, 1.54) is 18.4 Å². The molecule has 3 nitrogen and oxygen atoms in total. The average molecular weight is 249 g/mol. The van der Waals surface area contributed by atoms with Crippen LogP contribution in [0.2, 0.25) is 0 Å². The molecule has 100 valence electrons. The van der Waals surface area contributed by atoms with Crippen LogP contribution in [0, 0.1) is 5.92 Å². The van der Waals surface area contributed by atoms with E-state index >= 15 is 0 Å². The Morgan fingerprint density at radius 3 is 2.78 bits per heavy atom. The van der Waals surface area contributed by atoms with Crippen LogP contribution in [0.15, 0.2) is 18.2 Å². The minimum Gasteiger partial charge on any atom is -0.493 e. The van der Waals surface area contributed by atoms with Gasteiger partial charge in [-0.05, 0) is 49.8 Å². The van der Waals surface area contributed by atoms with Crippen molar-refractivity contribution in [2.75, 3.05) is 13.7 Å². The molecule has 2 N–H and O–H groups in total. The number of ether oxygens (including phenoxy) is 2. The van der Waals surface area contributed by atoms with Gasteiger partial charge in [0.15, 0.2) is 0 Å². The van der Waals surface area contributed by atoms with E-state index in [2.05, 4.69) is 18.2 Å². The normalized spacial score (nSPS) is 16.6. The van der Waals surface area contributed by atoms with Gasteiger partial charge in [0.2, 0.25) is 0 Å². The Bertz CT molecular complexity index is 386. The van der Waals surface area contributed by atoms with E-state index in [1.807, 2.05) is 6.92 Å². The first kappa shape index (κ1) is 13.4. The molecule has 1 aromatic carbocycles. The summed E-state index contributed by atoms with van der Waals surface area (Å²) in [5, 5.41) is 0. The summed E-state index contributed by atoms with van der Waals surface area (Å²) in [6, 6.07) is 6.48. The molecule has 1 fully saturated rings. The quantitative estimate of drug-likeness (QED) is 0.807. The lowest BCUT2D eigenvalue weighted by Crippen LogP contribution is -2.17. The summed E-state index contributed by atoms with van der Waals surface area (Å²) in [7, 11) is 1.71. The van der Waals surface area contributed by atoms with Crippen molar-refractivity contribution in [1.29, 1.82) is 0 Å². The van der Waals surface area contributed by atoms with Gasteiger partial charge >= 0.3 is 0 Å². The van der Waals surface area contributed by atoms with Crippen LogP contribution in [0.25, 0.3) is 0 Å². The van der Waals surface area contributed by atoms with E-state index in [9.17, 15) is 0 Å². The zero-order valence-electron chi connectivity index (χ0n) is 11.3. The average Bonchev–Trinajstić information content (AvgIpc) is 3.11. The lowest BCUT2D eigenvalue weighted by atomic mass is 10.0. The molecule has 1 aliphatic rings. The topological polar surface area (TPSA) is 44.5 Å². The minimum atomic E-state index is 0.179. The van der Waals surface area contributed by atoms with Gasteiger partial charge in [-0.2, -0.15) is 0 Å². The third kappa shape index (κ3) is 4.00. The van der Waals surface area contributed by atoms with Crippen LogP contribution in [-0.4, -0.2) is 19.8 Å². The van der Waals surface area contributed by atoms with Gasteiger partial charge in [-0.25, -0.2) is 0 Å². The fraction of sp³-hybridized carbons (Fsp3) is 0.600. The van der Waals surface area contributed by atoms with Crippen LogP contribution >= 0.6 is 0 Å². The van der Waals surface area contributed by atoms with E-state index < -0.39 is 0 Å². The zero-order chi connectivity index (χ0) is 13.0. The molecule has 18 heavy (non-hydrogen) atoms. The predicted molar refractivity (Wildman–Crippen MR) is 72.7 cm³/mol. The number of nitrogens with two attached hydrogens (primary N) is 1. The third-order valence-corrected chi connectivity index (χ3v) is 3.15. The maximum absolute atomic E-state index is 5.86. The Kier molecular flexibility index (Phi) is 4.61. The van der Waals surface area contributed by atoms with Gasteiger partial charge in [0.25, 0.3) is 0 Å². The van der Waals surface area contributed by atoms with Crippen molar-refractivity contribution >= 4 is 0 Å².